The highest BCUT2D eigenvalue weighted by molar-refractivity contribution is 5.23. The van der Waals surface area contributed by atoms with Crippen LogP contribution >= 0.6 is 0 Å². The van der Waals surface area contributed by atoms with Crippen LogP contribution in [0.3, 0.4) is 0 Å². The number of hydrogen-bond donors (Lipinski definition) is 1. The van der Waals surface area contributed by atoms with E-state index in [4.69, 9.17) is 29.4 Å². The van der Waals surface area contributed by atoms with Crippen molar-refractivity contribution in [3.63, 3.8) is 0 Å². The first-order valence-electron chi connectivity index (χ1n) is 7.92. The number of anilines is 1. The maximum atomic E-state index is 11.9. The van der Waals surface area contributed by atoms with Gasteiger partial charge in [0.1, 0.15) is 5.82 Å². The van der Waals surface area contributed by atoms with Crippen molar-refractivity contribution in [3.05, 3.63) is 22.7 Å². The summed E-state index contributed by atoms with van der Waals surface area (Å²) in [5.41, 5.74) is 4.97. The first-order valence-corrected chi connectivity index (χ1v) is 7.92. The quantitative estimate of drug-likeness (QED) is 0.519. The van der Waals surface area contributed by atoms with E-state index in [0.29, 0.717) is 6.61 Å². The van der Waals surface area contributed by atoms with Gasteiger partial charge in [0.05, 0.1) is 13.2 Å². The van der Waals surface area contributed by atoms with Gasteiger partial charge in [-0.15, -0.1) is 0 Å². The molecule has 0 spiro atoms. The lowest BCUT2D eigenvalue weighted by Gasteiger charge is -2.33. The van der Waals surface area contributed by atoms with Gasteiger partial charge in [0, 0.05) is 20.4 Å². The zero-order valence-electron chi connectivity index (χ0n) is 14.3. The molecule has 0 radical (unpaired) electrons. The van der Waals surface area contributed by atoms with E-state index in [-0.39, 0.29) is 12.4 Å². The van der Waals surface area contributed by atoms with Crippen molar-refractivity contribution in [1.29, 1.82) is 0 Å². The summed E-state index contributed by atoms with van der Waals surface area (Å²) in [5.74, 6) is -1.35. The topological polar surface area (TPSA) is 107 Å². The molecular weight excluding hydrogens is 318 g/mol. The number of aromatic nitrogens is 2. The molecule has 24 heavy (non-hydrogen) atoms. The second-order valence-electron chi connectivity index (χ2n) is 5.37. The van der Waals surface area contributed by atoms with Crippen molar-refractivity contribution < 1.29 is 23.7 Å². The van der Waals surface area contributed by atoms with Gasteiger partial charge in [0.25, 0.3) is 0 Å². The monoisotopic (exact) mass is 343 g/mol. The van der Waals surface area contributed by atoms with E-state index in [0.717, 1.165) is 19.3 Å². The largest absolute Gasteiger partial charge is 0.383 e. The highest BCUT2D eigenvalue weighted by Gasteiger charge is 2.48. The Morgan fingerprint density at radius 1 is 1.42 bits per heavy atom. The predicted molar refractivity (Wildman–Crippen MR) is 85.0 cm³/mol. The second kappa shape index (κ2) is 8.54. The van der Waals surface area contributed by atoms with E-state index in [2.05, 4.69) is 11.9 Å². The van der Waals surface area contributed by atoms with E-state index in [1.54, 1.807) is 0 Å². The Morgan fingerprint density at radius 3 is 2.79 bits per heavy atom. The molecule has 2 heterocycles. The van der Waals surface area contributed by atoms with Gasteiger partial charge in [-0.05, 0) is 12.5 Å². The number of nitrogens with zero attached hydrogens (tertiary/aromatic N) is 2. The fourth-order valence-electron chi connectivity index (χ4n) is 2.40. The van der Waals surface area contributed by atoms with Gasteiger partial charge in [-0.2, -0.15) is 4.98 Å². The van der Waals surface area contributed by atoms with Gasteiger partial charge in [-0.1, -0.05) is 19.8 Å². The zero-order chi connectivity index (χ0) is 17.6. The fourth-order valence-corrected chi connectivity index (χ4v) is 2.40. The van der Waals surface area contributed by atoms with Crippen molar-refractivity contribution in [1.82, 2.24) is 9.55 Å². The van der Waals surface area contributed by atoms with Crippen molar-refractivity contribution in [2.45, 2.75) is 44.7 Å². The summed E-state index contributed by atoms with van der Waals surface area (Å²) in [6.07, 6.45) is 2.86. The summed E-state index contributed by atoms with van der Waals surface area (Å²) >= 11 is 0. The molecule has 1 aromatic heterocycles. The molecule has 0 amide bonds. The maximum Gasteiger partial charge on any atom is 0.351 e. The first-order chi connectivity index (χ1) is 11.6. The fraction of sp³-hybridized carbons (Fsp3) is 0.733. The molecule has 0 bridgehead atoms. The minimum atomic E-state index is -1.49. The summed E-state index contributed by atoms with van der Waals surface area (Å²) in [5, 5.41) is 0. The van der Waals surface area contributed by atoms with Crippen molar-refractivity contribution >= 4 is 5.82 Å². The van der Waals surface area contributed by atoms with Crippen molar-refractivity contribution in [2.75, 3.05) is 33.2 Å². The smallest absolute Gasteiger partial charge is 0.351 e. The molecular formula is C15H25N3O6. The van der Waals surface area contributed by atoms with Crippen LogP contribution in [-0.4, -0.2) is 49.2 Å². The number of nitrogen functional groups attached to an aromatic ring is 1. The number of nitrogens with two attached hydrogens (primary N) is 1. The molecule has 1 saturated heterocycles. The Labute approximate surface area is 140 Å². The van der Waals surface area contributed by atoms with Crippen molar-refractivity contribution in [3.8, 4) is 0 Å². The van der Waals surface area contributed by atoms with Crippen molar-refractivity contribution in [2.24, 2.45) is 0 Å². The molecule has 1 aliphatic rings. The van der Waals surface area contributed by atoms with Gasteiger partial charge in [-0.3, -0.25) is 4.57 Å². The summed E-state index contributed by atoms with van der Waals surface area (Å²) < 4.78 is 29.1. The van der Waals surface area contributed by atoms with Crippen LogP contribution in [0.2, 0.25) is 0 Å². The number of methoxy groups -OCH3 is 2. The summed E-state index contributed by atoms with van der Waals surface area (Å²) in [6, 6.07) is 1.51. The molecule has 1 aromatic rings. The van der Waals surface area contributed by atoms with Crippen LogP contribution < -0.4 is 11.4 Å². The molecule has 136 valence electrons. The molecule has 2 unspecified atom stereocenters. The van der Waals surface area contributed by atoms with Gasteiger partial charge < -0.3 is 29.4 Å². The van der Waals surface area contributed by atoms with E-state index in [9.17, 15) is 4.79 Å². The Bertz CT molecular complexity index is 575. The van der Waals surface area contributed by atoms with Crippen LogP contribution in [0.1, 0.15) is 32.4 Å². The number of hydrogen-bond acceptors (Lipinski definition) is 8. The molecule has 0 aliphatic carbocycles. The van der Waals surface area contributed by atoms with Crippen LogP contribution in [0.25, 0.3) is 0 Å². The Kier molecular flexibility index (Phi) is 6.69. The molecule has 2 atom stereocenters. The summed E-state index contributed by atoms with van der Waals surface area (Å²) in [7, 11) is 2.89. The first kappa shape index (κ1) is 18.8. The Hall–Kier alpha value is -1.52. The normalized spacial score (nSPS) is 21.3. The maximum absolute atomic E-state index is 11.9. The molecule has 9 nitrogen and oxygen atoms in total. The Balaban J connectivity index is 2.06. The zero-order valence-corrected chi connectivity index (χ0v) is 14.3. The average Bonchev–Trinajstić information content (AvgIpc) is 3.06. The van der Waals surface area contributed by atoms with Gasteiger partial charge in [-0.25, -0.2) is 4.79 Å². The van der Waals surface area contributed by atoms with E-state index >= 15 is 0 Å². The molecule has 1 fully saturated rings. The number of unbranched alkanes of at least 4 members (excludes halogenated alkanes) is 2. The number of rotatable bonds is 9. The standard InChI is InChI=1S/C15H25N3O6/c1-4-5-6-9-23-15(20-2,21-3)13-22-10-12(24-13)18-8-7-11(16)17-14(18)19/h7-8,12-13H,4-6,9-10H2,1-3H3,(H2,16,17,19). The summed E-state index contributed by atoms with van der Waals surface area (Å²) in [4.78, 5) is 15.6. The predicted octanol–water partition coefficient (Wildman–Crippen LogP) is 0.850. The lowest BCUT2D eigenvalue weighted by molar-refractivity contribution is -0.431. The van der Waals surface area contributed by atoms with E-state index in [1.165, 1.54) is 31.0 Å². The third-order valence-corrected chi connectivity index (χ3v) is 3.74. The second-order valence-corrected chi connectivity index (χ2v) is 5.37. The highest BCUT2D eigenvalue weighted by Crippen LogP contribution is 2.31. The molecule has 2 rings (SSSR count). The van der Waals surface area contributed by atoms with Crippen LogP contribution in [-0.2, 0) is 23.7 Å². The summed E-state index contributed by atoms with van der Waals surface area (Å²) in [6.45, 7) is 2.67. The third-order valence-electron chi connectivity index (χ3n) is 3.74. The van der Waals surface area contributed by atoms with Crippen LogP contribution in [0.5, 0.6) is 0 Å². The van der Waals surface area contributed by atoms with Gasteiger partial charge >= 0.3 is 11.7 Å². The SMILES string of the molecule is CCCCCOC(OC)(OC)C1OCC(n2ccc(N)nc2=O)O1. The third kappa shape index (κ3) is 4.11. The molecule has 0 aromatic carbocycles. The van der Waals surface area contributed by atoms with Gasteiger partial charge in [0.2, 0.25) is 6.29 Å². The molecule has 0 saturated carbocycles. The highest BCUT2D eigenvalue weighted by atomic mass is 16.9. The molecule has 2 N–H and O–H groups in total. The lowest BCUT2D eigenvalue weighted by Crippen LogP contribution is -2.49. The van der Waals surface area contributed by atoms with E-state index in [1.807, 2.05) is 0 Å². The number of ether oxygens (including phenoxy) is 5. The lowest BCUT2D eigenvalue weighted by atomic mass is 10.3. The average molecular weight is 343 g/mol. The van der Waals surface area contributed by atoms with Crippen LogP contribution in [0.15, 0.2) is 17.1 Å². The molecule has 1 aliphatic heterocycles. The van der Waals surface area contributed by atoms with Gasteiger partial charge in [0.15, 0.2) is 6.23 Å². The minimum Gasteiger partial charge on any atom is -0.383 e. The van der Waals surface area contributed by atoms with Crippen LogP contribution in [0.4, 0.5) is 5.82 Å². The van der Waals surface area contributed by atoms with E-state index < -0.39 is 24.2 Å². The van der Waals surface area contributed by atoms with Crippen LogP contribution in [0, 0.1) is 0 Å². The molecule has 9 heteroatoms. The Morgan fingerprint density at radius 2 is 2.17 bits per heavy atom. The minimum absolute atomic E-state index is 0.128.